The molecule has 6 nitrogen and oxygen atoms in total. The quantitative estimate of drug-likeness (QED) is 0.336. The molecule has 2 aliphatic rings. The van der Waals surface area contributed by atoms with E-state index < -0.39 is 0 Å². The van der Waals surface area contributed by atoms with Crippen molar-refractivity contribution in [3.63, 3.8) is 0 Å². The molecule has 7 rings (SSSR count). The second-order valence-electron chi connectivity index (χ2n) is 10.2. The number of aryl methyl sites for hydroxylation is 1. The third-order valence-electron chi connectivity index (χ3n) is 7.84. The van der Waals surface area contributed by atoms with E-state index in [1.807, 2.05) is 15.9 Å². The van der Waals surface area contributed by atoms with Gasteiger partial charge in [0.2, 0.25) is 5.95 Å². The number of nitrogens with zero attached hydrogens (tertiary/aromatic N) is 6. The number of hydrogen-bond acceptors (Lipinski definition) is 6. The van der Waals surface area contributed by atoms with Crippen molar-refractivity contribution < 1.29 is 0 Å². The van der Waals surface area contributed by atoms with E-state index in [-0.39, 0.29) is 6.04 Å². The smallest absolute Gasteiger partial charge is 0.230 e. The van der Waals surface area contributed by atoms with Crippen molar-refractivity contribution in [3.05, 3.63) is 88.6 Å². The van der Waals surface area contributed by atoms with Crippen molar-refractivity contribution >= 4 is 33.1 Å². The Kier molecular flexibility index (Phi) is 5.47. The predicted molar refractivity (Wildman–Crippen MR) is 146 cm³/mol. The molecule has 1 saturated heterocycles. The summed E-state index contributed by atoms with van der Waals surface area (Å²) in [4.78, 5) is 17.5. The fraction of sp³-hybridized carbons (Fsp3) is 0.345. The van der Waals surface area contributed by atoms with Crippen LogP contribution in [0.2, 0.25) is 0 Å². The largest absolute Gasteiger partial charge is 0.338 e. The van der Waals surface area contributed by atoms with Crippen molar-refractivity contribution in [2.24, 2.45) is 5.92 Å². The molecule has 36 heavy (non-hydrogen) atoms. The monoisotopic (exact) mass is 494 g/mol. The summed E-state index contributed by atoms with van der Waals surface area (Å²) in [6.45, 7) is 6.09. The van der Waals surface area contributed by atoms with Crippen LogP contribution in [0.5, 0.6) is 0 Å². The zero-order chi connectivity index (χ0) is 24.1. The Bertz CT molecular complexity index is 1460. The first kappa shape index (κ1) is 21.9. The molecule has 1 fully saturated rings. The van der Waals surface area contributed by atoms with Crippen LogP contribution in [0.1, 0.15) is 41.0 Å². The maximum absolute atomic E-state index is 5.20. The number of aromatic nitrogens is 4. The number of rotatable bonds is 4. The molecule has 0 N–H and O–H groups in total. The van der Waals surface area contributed by atoms with Gasteiger partial charge in [-0.25, -0.2) is 9.97 Å². The van der Waals surface area contributed by atoms with E-state index in [1.165, 1.54) is 33.4 Å². The number of thiophene rings is 1. The Morgan fingerprint density at radius 2 is 1.61 bits per heavy atom. The van der Waals surface area contributed by atoms with Gasteiger partial charge < -0.3 is 4.90 Å². The summed E-state index contributed by atoms with van der Waals surface area (Å²) in [7, 11) is 0. The maximum Gasteiger partial charge on any atom is 0.230 e. The highest BCUT2D eigenvalue weighted by Gasteiger charge is 2.30. The summed E-state index contributed by atoms with van der Waals surface area (Å²) >= 11 is 1.87. The predicted octanol–water partition coefficient (Wildman–Crippen LogP) is 5.38. The van der Waals surface area contributed by atoms with Crippen LogP contribution in [0, 0.1) is 5.92 Å². The lowest BCUT2D eigenvalue weighted by Gasteiger charge is -2.40. The molecule has 1 atom stereocenters. The zero-order valence-corrected chi connectivity index (χ0v) is 21.4. The van der Waals surface area contributed by atoms with Crippen molar-refractivity contribution in [2.45, 2.75) is 32.2 Å². The Morgan fingerprint density at radius 3 is 2.31 bits per heavy atom. The summed E-state index contributed by atoms with van der Waals surface area (Å²) < 4.78 is 1.98. The molecular formula is C29H30N6S. The van der Waals surface area contributed by atoms with Gasteiger partial charge in [0.15, 0.2) is 5.65 Å². The average Bonchev–Trinajstić information content (AvgIpc) is 3.54. The number of benzene rings is 2. The van der Waals surface area contributed by atoms with Crippen LogP contribution in [0.4, 0.5) is 5.95 Å². The van der Waals surface area contributed by atoms with Gasteiger partial charge in [-0.3, -0.25) is 4.90 Å². The standard InChI is InChI=1S/C29H30N6S/c1-20-12-13-24-23(18-20)25-27-30-19-31-35(27)29(32-28(25)36-24)34-16-14-33(15-17-34)26(21-8-4-2-5-9-21)22-10-6-3-7-11-22/h2-11,19-20,26H,12-18H2,1H3/t20-/m1/s1. The Morgan fingerprint density at radius 1 is 0.917 bits per heavy atom. The van der Waals surface area contributed by atoms with Gasteiger partial charge in [-0.1, -0.05) is 67.6 Å². The fourth-order valence-electron chi connectivity index (χ4n) is 6.02. The molecule has 0 radical (unpaired) electrons. The minimum absolute atomic E-state index is 0.252. The van der Waals surface area contributed by atoms with Gasteiger partial charge in [0.25, 0.3) is 0 Å². The van der Waals surface area contributed by atoms with E-state index in [9.17, 15) is 0 Å². The minimum atomic E-state index is 0.252. The van der Waals surface area contributed by atoms with Gasteiger partial charge in [0.1, 0.15) is 11.2 Å². The van der Waals surface area contributed by atoms with E-state index in [4.69, 9.17) is 9.97 Å². The molecule has 0 saturated carbocycles. The van der Waals surface area contributed by atoms with Gasteiger partial charge in [-0.05, 0) is 41.9 Å². The van der Waals surface area contributed by atoms with Crippen LogP contribution < -0.4 is 4.90 Å². The number of piperazine rings is 1. The molecule has 1 aliphatic heterocycles. The maximum atomic E-state index is 5.20. The topological polar surface area (TPSA) is 49.6 Å². The van der Waals surface area contributed by atoms with Crippen molar-refractivity contribution in [3.8, 4) is 0 Å². The summed E-state index contributed by atoms with van der Waals surface area (Å²) in [5.41, 5.74) is 5.11. The van der Waals surface area contributed by atoms with E-state index >= 15 is 0 Å². The van der Waals surface area contributed by atoms with Gasteiger partial charge in [-0.15, -0.1) is 11.3 Å². The Balaban J connectivity index is 1.21. The van der Waals surface area contributed by atoms with Crippen LogP contribution in [0.15, 0.2) is 67.0 Å². The first-order valence-electron chi connectivity index (χ1n) is 13.0. The average molecular weight is 495 g/mol. The molecule has 5 aromatic rings. The molecule has 0 unspecified atom stereocenters. The molecule has 2 aromatic carbocycles. The number of hydrogen-bond donors (Lipinski definition) is 0. The summed E-state index contributed by atoms with van der Waals surface area (Å²) in [5.74, 6) is 1.64. The van der Waals surface area contributed by atoms with E-state index in [0.717, 1.165) is 55.4 Å². The third kappa shape index (κ3) is 3.69. The molecule has 7 heteroatoms. The molecule has 1 aliphatic carbocycles. The number of fused-ring (bicyclic) bond motifs is 5. The summed E-state index contributed by atoms with van der Waals surface area (Å²) in [6, 6.07) is 22.0. The SMILES string of the molecule is C[C@@H]1CCc2sc3nc(N4CCN(C(c5ccccc5)c5ccccc5)CC4)n4ncnc4c3c2C1. The number of anilines is 1. The summed E-state index contributed by atoms with van der Waals surface area (Å²) in [6.07, 6.45) is 5.24. The lowest BCUT2D eigenvalue weighted by Crippen LogP contribution is -2.48. The summed E-state index contributed by atoms with van der Waals surface area (Å²) in [5, 5.41) is 5.86. The molecule has 0 bridgehead atoms. The second kappa shape index (κ2) is 8.98. The van der Waals surface area contributed by atoms with Crippen LogP contribution in [0.3, 0.4) is 0 Å². The molecule has 0 spiro atoms. The first-order valence-corrected chi connectivity index (χ1v) is 13.8. The van der Waals surface area contributed by atoms with Gasteiger partial charge in [0.05, 0.1) is 11.4 Å². The highest BCUT2D eigenvalue weighted by molar-refractivity contribution is 7.19. The van der Waals surface area contributed by atoms with Crippen molar-refractivity contribution in [1.29, 1.82) is 0 Å². The van der Waals surface area contributed by atoms with Crippen LogP contribution in [-0.4, -0.2) is 50.7 Å². The van der Waals surface area contributed by atoms with Crippen molar-refractivity contribution in [1.82, 2.24) is 24.5 Å². The minimum Gasteiger partial charge on any atom is -0.338 e. The molecule has 182 valence electrons. The fourth-order valence-corrected chi connectivity index (χ4v) is 7.22. The molecule has 0 amide bonds. The molecule has 3 aromatic heterocycles. The van der Waals surface area contributed by atoms with E-state index in [1.54, 1.807) is 6.33 Å². The van der Waals surface area contributed by atoms with Gasteiger partial charge >= 0.3 is 0 Å². The zero-order valence-electron chi connectivity index (χ0n) is 20.5. The Labute approximate surface area is 215 Å². The normalized spacial score (nSPS) is 18.8. The Hall–Kier alpha value is -3.29. The van der Waals surface area contributed by atoms with Gasteiger partial charge in [-0.2, -0.15) is 9.61 Å². The third-order valence-corrected chi connectivity index (χ3v) is 9.03. The lowest BCUT2D eigenvalue weighted by molar-refractivity contribution is 0.211. The van der Waals surface area contributed by atoms with E-state index in [2.05, 4.69) is 82.5 Å². The molecule has 4 heterocycles. The first-order chi connectivity index (χ1) is 17.8. The molecular weight excluding hydrogens is 464 g/mol. The van der Waals surface area contributed by atoms with Crippen LogP contribution in [-0.2, 0) is 12.8 Å². The second-order valence-corrected chi connectivity index (χ2v) is 11.3. The van der Waals surface area contributed by atoms with Crippen molar-refractivity contribution in [2.75, 3.05) is 31.1 Å². The highest BCUT2D eigenvalue weighted by atomic mass is 32.1. The highest BCUT2D eigenvalue weighted by Crippen LogP contribution is 2.40. The lowest BCUT2D eigenvalue weighted by atomic mass is 9.89. The van der Waals surface area contributed by atoms with E-state index in [0.29, 0.717) is 5.92 Å². The van der Waals surface area contributed by atoms with Gasteiger partial charge in [0, 0.05) is 31.1 Å². The van der Waals surface area contributed by atoms with Crippen LogP contribution >= 0.6 is 11.3 Å². The van der Waals surface area contributed by atoms with Crippen LogP contribution in [0.25, 0.3) is 15.9 Å².